The van der Waals surface area contributed by atoms with E-state index in [0.717, 1.165) is 18.8 Å². The first-order valence-electron chi connectivity index (χ1n) is 5.93. The number of rotatable bonds is 6. The molecule has 0 saturated carbocycles. The first-order chi connectivity index (χ1) is 8.43. The maximum absolute atomic E-state index is 10.7. The molecule has 18 heavy (non-hydrogen) atoms. The summed E-state index contributed by atoms with van der Waals surface area (Å²) in [7, 11) is 3.67. The Morgan fingerprint density at radius 2 is 1.83 bits per heavy atom. The zero-order valence-corrected chi connectivity index (χ0v) is 11.3. The Morgan fingerprint density at radius 3 is 2.33 bits per heavy atom. The molecule has 0 aliphatic carbocycles. The van der Waals surface area contributed by atoms with Crippen LogP contribution < -0.4 is 9.80 Å². The van der Waals surface area contributed by atoms with E-state index in [-0.39, 0.29) is 6.54 Å². The molecule has 1 N–H and O–H groups in total. The van der Waals surface area contributed by atoms with Crippen molar-refractivity contribution in [3.63, 3.8) is 0 Å². The van der Waals surface area contributed by atoms with Gasteiger partial charge >= 0.3 is 5.97 Å². The Labute approximate surface area is 107 Å². The standard InChI is InChI=1S/C12H20N4O2/c1-5-6-15(3)10-7-11(14-9(2)13-10)16(4)8-12(17)18/h7H,5-6,8H2,1-4H3,(H,17,18). The van der Waals surface area contributed by atoms with E-state index in [4.69, 9.17) is 5.11 Å². The van der Waals surface area contributed by atoms with Crippen LogP contribution in [0.4, 0.5) is 11.6 Å². The number of aliphatic carboxylic acids is 1. The zero-order chi connectivity index (χ0) is 13.7. The third-order valence-electron chi connectivity index (χ3n) is 2.52. The maximum Gasteiger partial charge on any atom is 0.323 e. The zero-order valence-electron chi connectivity index (χ0n) is 11.3. The number of likely N-dealkylation sites (N-methyl/N-ethyl adjacent to an activating group) is 1. The summed E-state index contributed by atoms with van der Waals surface area (Å²) in [4.78, 5) is 22.9. The first kappa shape index (κ1) is 14.2. The highest BCUT2D eigenvalue weighted by molar-refractivity contribution is 5.73. The first-order valence-corrected chi connectivity index (χ1v) is 5.93. The van der Waals surface area contributed by atoms with Crippen LogP contribution >= 0.6 is 0 Å². The van der Waals surface area contributed by atoms with Crippen LogP contribution in [0, 0.1) is 6.92 Å². The predicted molar refractivity (Wildman–Crippen MR) is 71.2 cm³/mol. The number of hydrogen-bond acceptors (Lipinski definition) is 5. The molecular weight excluding hydrogens is 232 g/mol. The van der Waals surface area contributed by atoms with Gasteiger partial charge in [0.25, 0.3) is 0 Å². The third kappa shape index (κ3) is 3.87. The summed E-state index contributed by atoms with van der Waals surface area (Å²) in [6, 6.07) is 1.81. The lowest BCUT2D eigenvalue weighted by atomic mass is 10.4. The summed E-state index contributed by atoms with van der Waals surface area (Å²) in [5.41, 5.74) is 0. The molecule has 0 bridgehead atoms. The van der Waals surface area contributed by atoms with Crippen molar-refractivity contribution in [1.82, 2.24) is 9.97 Å². The largest absolute Gasteiger partial charge is 0.480 e. The number of aryl methyl sites for hydroxylation is 1. The van der Waals surface area contributed by atoms with Gasteiger partial charge in [0.15, 0.2) is 0 Å². The molecule has 0 fully saturated rings. The van der Waals surface area contributed by atoms with Gasteiger partial charge in [0, 0.05) is 26.7 Å². The third-order valence-corrected chi connectivity index (χ3v) is 2.52. The molecular formula is C12H20N4O2. The fourth-order valence-electron chi connectivity index (χ4n) is 1.66. The average molecular weight is 252 g/mol. The van der Waals surface area contributed by atoms with Crippen molar-refractivity contribution in [3.8, 4) is 0 Å². The molecule has 0 aromatic carbocycles. The van der Waals surface area contributed by atoms with Gasteiger partial charge in [-0.25, -0.2) is 9.97 Å². The van der Waals surface area contributed by atoms with Crippen molar-refractivity contribution in [2.75, 3.05) is 37.0 Å². The molecule has 0 atom stereocenters. The molecule has 6 heteroatoms. The van der Waals surface area contributed by atoms with E-state index in [1.165, 1.54) is 0 Å². The van der Waals surface area contributed by atoms with E-state index in [1.807, 2.05) is 18.0 Å². The second kappa shape index (κ2) is 6.18. The van der Waals surface area contributed by atoms with E-state index in [9.17, 15) is 4.79 Å². The van der Waals surface area contributed by atoms with Crippen LogP contribution in [0.15, 0.2) is 6.07 Å². The lowest BCUT2D eigenvalue weighted by Crippen LogP contribution is -2.27. The van der Waals surface area contributed by atoms with E-state index in [2.05, 4.69) is 16.9 Å². The number of carboxylic acid groups (broad SMARTS) is 1. The van der Waals surface area contributed by atoms with Crippen molar-refractivity contribution in [3.05, 3.63) is 11.9 Å². The number of aromatic nitrogens is 2. The lowest BCUT2D eigenvalue weighted by molar-refractivity contribution is -0.135. The molecule has 6 nitrogen and oxygen atoms in total. The molecule has 0 radical (unpaired) electrons. The molecule has 0 aliphatic rings. The van der Waals surface area contributed by atoms with E-state index in [1.54, 1.807) is 18.9 Å². The molecule has 0 spiro atoms. The fourth-order valence-corrected chi connectivity index (χ4v) is 1.66. The van der Waals surface area contributed by atoms with Gasteiger partial charge < -0.3 is 14.9 Å². The lowest BCUT2D eigenvalue weighted by Gasteiger charge is -2.21. The van der Waals surface area contributed by atoms with Gasteiger partial charge in [-0.1, -0.05) is 6.92 Å². The summed E-state index contributed by atoms with van der Waals surface area (Å²) < 4.78 is 0. The molecule has 1 aromatic heterocycles. The van der Waals surface area contributed by atoms with E-state index in [0.29, 0.717) is 11.6 Å². The van der Waals surface area contributed by atoms with Crippen LogP contribution in [-0.2, 0) is 4.79 Å². The average Bonchev–Trinajstić information content (AvgIpc) is 2.27. The van der Waals surface area contributed by atoms with Crippen molar-refractivity contribution in [2.45, 2.75) is 20.3 Å². The minimum Gasteiger partial charge on any atom is -0.480 e. The highest BCUT2D eigenvalue weighted by Crippen LogP contribution is 2.17. The number of carbonyl (C=O) groups is 1. The second-order valence-corrected chi connectivity index (χ2v) is 4.30. The fraction of sp³-hybridized carbons (Fsp3) is 0.583. The van der Waals surface area contributed by atoms with E-state index < -0.39 is 5.97 Å². The summed E-state index contributed by atoms with van der Waals surface area (Å²) in [6.07, 6.45) is 1.03. The topological polar surface area (TPSA) is 69.6 Å². The van der Waals surface area contributed by atoms with Crippen molar-refractivity contribution >= 4 is 17.6 Å². The van der Waals surface area contributed by atoms with Gasteiger partial charge in [0.2, 0.25) is 0 Å². The van der Waals surface area contributed by atoms with Gasteiger partial charge in [-0.3, -0.25) is 4.79 Å². The smallest absolute Gasteiger partial charge is 0.323 e. The Morgan fingerprint density at radius 1 is 1.28 bits per heavy atom. The Bertz CT molecular complexity index is 423. The number of carboxylic acids is 1. The molecule has 1 heterocycles. The van der Waals surface area contributed by atoms with Gasteiger partial charge in [-0.2, -0.15) is 0 Å². The van der Waals surface area contributed by atoms with Crippen molar-refractivity contribution in [2.24, 2.45) is 0 Å². The highest BCUT2D eigenvalue weighted by atomic mass is 16.4. The van der Waals surface area contributed by atoms with Crippen LogP contribution in [0.2, 0.25) is 0 Å². The quantitative estimate of drug-likeness (QED) is 0.819. The number of anilines is 2. The summed E-state index contributed by atoms with van der Waals surface area (Å²) in [6.45, 7) is 4.73. The number of nitrogens with zero attached hydrogens (tertiary/aromatic N) is 4. The SMILES string of the molecule is CCCN(C)c1cc(N(C)CC(=O)O)nc(C)n1. The summed E-state index contributed by atoms with van der Waals surface area (Å²) in [5, 5.41) is 8.78. The van der Waals surface area contributed by atoms with Crippen LogP contribution in [0.1, 0.15) is 19.2 Å². The maximum atomic E-state index is 10.7. The Hall–Kier alpha value is -1.85. The van der Waals surface area contributed by atoms with Gasteiger partial charge in [-0.15, -0.1) is 0 Å². The van der Waals surface area contributed by atoms with Crippen LogP contribution in [-0.4, -0.2) is 48.2 Å². The molecule has 0 amide bonds. The van der Waals surface area contributed by atoms with E-state index >= 15 is 0 Å². The minimum atomic E-state index is -0.878. The molecule has 0 saturated heterocycles. The molecule has 0 aliphatic heterocycles. The Kier molecular flexibility index (Phi) is 4.88. The molecule has 1 rings (SSSR count). The molecule has 0 unspecified atom stereocenters. The van der Waals surface area contributed by atoms with Gasteiger partial charge in [-0.05, 0) is 13.3 Å². The predicted octanol–water partition coefficient (Wildman–Crippen LogP) is 1.15. The highest BCUT2D eigenvalue weighted by Gasteiger charge is 2.11. The molecule has 100 valence electrons. The minimum absolute atomic E-state index is 0.0760. The van der Waals surface area contributed by atoms with Crippen molar-refractivity contribution < 1.29 is 9.90 Å². The normalized spacial score (nSPS) is 10.2. The van der Waals surface area contributed by atoms with Crippen LogP contribution in [0.25, 0.3) is 0 Å². The molecule has 1 aromatic rings. The van der Waals surface area contributed by atoms with Crippen LogP contribution in [0.3, 0.4) is 0 Å². The van der Waals surface area contributed by atoms with Crippen LogP contribution in [0.5, 0.6) is 0 Å². The van der Waals surface area contributed by atoms with Crippen molar-refractivity contribution in [1.29, 1.82) is 0 Å². The second-order valence-electron chi connectivity index (χ2n) is 4.30. The number of hydrogen-bond donors (Lipinski definition) is 1. The van der Waals surface area contributed by atoms with Gasteiger partial charge in [0.1, 0.15) is 24.0 Å². The summed E-state index contributed by atoms with van der Waals surface area (Å²) in [5.74, 6) is 1.21. The summed E-state index contributed by atoms with van der Waals surface area (Å²) >= 11 is 0. The van der Waals surface area contributed by atoms with Gasteiger partial charge in [0.05, 0.1) is 0 Å². The Balaban J connectivity index is 2.96. The monoisotopic (exact) mass is 252 g/mol.